The van der Waals surface area contributed by atoms with Gasteiger partial charge >= 0.3 is 5.97 Å². The highest BCUT2D eigenvalue weighted by molar-refractivity contribution is 6.38. The molecule has 1 aliphatic heterocycles. The molecule has 6 rings (SSSR count). The van der Waals surface area contributed by atoms with Crippen LogP contribution in [0.5, 0.6) is 34.5 Å². The molecule has 218 valence electrons. The molecule has 0 saturated heterocycles. The van der Waals surface area contributed by atoms with Crippen LogP contribution in [0, 0.1) is 0 Å². The fourth-order valence-electron chi connectivity index (χ4n) is 6.45. The van der Waals surface area contributed by atoms with Gasteiger partial charge in [0.15, 0.2) is 33.9 Å². The fraction of sp³-hybridized carbons (Fsp3) is 0.323. The highest BCUT2D eigenvalue weighted by atomic mass is 16.7. The Kier molecular flexibility index (Phi) is 6.30. The number of hydrogen-bond donors (Lipinski definition) is 3. The molecule has 0 amide bonds. The van der Waals surface area contributed by atoms with Crippen molar-refractivity contribution in [2.75, 3.05) is 21.0 Å². The number of fused-ring (bicyclic) bond motifs is 1. The summed E-state index contributed by atoms with van der Waals surface area (Å²) < 4.78 is 28.4. The molecule has 5 aromatic carbocycles. The largest absolute Gasteiger partial charge is 0.504 e. The number of phenolic OH excluding ortho intramolecular Hbond substituents is 2. The molecule has 0 radical (unpaired) electrons. The molecule has 0 saturated carbocycles. The maximum atomic E-state index is 13.6. The van der Waals surface area contributed by atoms with Crippen molar-refractivity contribution in [3.05, 3.63) is 43.7 Å². The molecule has 0 aromatic heterocycles. The number of hydrogen-bond acceptors (Lipinski definition) is 11. The van der Waals surface area contributed by atoms with E-state index in [1.54, 1.807) is 13.8 Å². The van der Waals surface area contributed by atoms with Crippen LogP contribution >= 0.6 is 0 Å². The van der Waals surface area contributed by atoms with Crippen molar-refractivity contribution in [3.8, 4) is 34.5 Å². The van der Waals surface area contributed by atoms with Crippen molar-refractivity contribution >= 4 is 49.1 Å². The first-order chi connectivity index (χ1) is 20.0. The van der Waals surface area contributed by atoms with Gasteiger partial charge in [-0.2, -0.15) is 0 Å². The summed E-state index contributed by atoms with van der Waals surface area (Å²) in [5.74, 6) is -1.07. The van der Waals surface area contributed by atoms with Crippen LogP contribution in [0.3, 0.4) is 0 Å². The lowest BCUT2D eigenvalue weighted by molar-refractivity contribution is -0.145. The van der Waals surface area contributed by atoms with Gasteiger partial charge in [0, 0.05) is 64.6 Å². The molecule has 5 aromatic rings. The van der Waals surface area contributed by atoms with Crippen LogP contribution < -0.4 is 29.8 Å². The second-order valence-corrected chi connectivity index (χ2v) is 10.6. The van der Waals surface area contributed by atoms with Gasteiger partial charge in [0.2, 0.25) is 6.79 Å². The van der Waals surface area contributed by atoms with E-state index >= 15 is 0 Å². The Balaban J connectivity index is 2.04. The van der Waals surface area contributed by atoms with Gasteiger partial charge in [0.25, 0.3) is 0 Å². The second kappa shape index (κ2) is 9.66. The zero-order chi connectivity index (χ0) is 30.2. The van der Waals surface area contributed by atoms with Crippen LogP contribution in [-0.2, 0) is 22.4 Å². The smallest absolute Gasteiger partial charge is 0.302 e. The third kappa shape index (κ3) is 3.73. The summed E-state index contributed by atoms with van der Waals surface area (Å²) in [7, 11) is 2.68. The number of methoxy groups -OCH3 is 2. The molecule has 0 fully saturated rings. The van der Waals surface area contributed by atoms with Crippen molar-refractivity contribution in [1.29, 1.82) is 0 Å². The molecule has 11 nitrogen and oxygen atoms in total. The number of aliphatic hydroxyl groups excluding tert-OH is 1. The van der Waals surface area contributed by atoms with Gasteiger partial charge in [-0.3, -0.25) is 14.4 Å². The molecule has 1 aliphatic rings. The lowest BCUT2D eigenvalue weighted by atomic mass is 9.81. The molecule has 1 heterocycles. The molecule has 0 spiro atoms. The van der Waals surface area contributed by atoms with Crippen molar-refractivity contribution in [1.82, 2.24) is 0 Å². The molecule has 3 N–H and O–H groups in total. The van der Waals surface area contributed by atoms with Gasteiger partial charge in [-0.1, -0.05) is 0 Å². The topological polar surface area (TPSA) is 158 Å². The highest BCUT2D eigenvalue weighted by Gasteiger charge is 2.34. The summed E-state index contributed by atoms with van der Waals surface area (Å²) in [6.07, 6.45) is -1.59. The summed E-state index contributed by atoms with van der Waals surface area (Å²) >= 11 is 0. The van der Waals surface area contributed by atoms with Crippen molar-refractivity contribution in [3.63, 3.8) is 0 Å². The maximum Gasteiger partial charge on any atom is 0.302 e. The fourth-order valence-corrected chi connectivity index (χ4v) is 6.45. The minimum atomic E-state index is -0.915. The lowest BCUT2D eigenvalue weighted by Gasteiger charge is -2.25. The van der Waals surface area contributed by atoms with E-state index in [0.29, 0.717) is 43.4 Å². The Labute approximate surface area is 238 Å². The molecule has 11 heteroatoms. The average molecular weight is 577 g/mol. The summed E-state index contributed by atoms with van der Waals surface area (Å²) in [6.45, 7) is 4.21. The molecular formula is C31H28O11. The number of rotatable bonds is 7. The summed E-state index contributed by atoms with van der Waals surface area (Å²) in [5.41, 5.74) is -0.367. The Hall–Kier alpha value is -4.77. The number of aromatic hydroxyl groups is 2. The summed E-state index contributed by atoms with van der Waals surface area (Å²) in [4.78, 5) is 39.0. The lowest BCUT2D eigenvalue weighted by Crippen LogP contribution is -2.17. The van der Waals surface area contributed by atoms with Crippen molar-refractivity contribution in [2.45, 2.75) is 45.8 Å². The monoisotopic (exact) mass is 576 g/mol. The van der Waals surface area contributed by atoms with Crippen molar-refractivity contribution < 1.29 is 43.8 Å². The first-order valence-electron chi connectivity index (χ1n) is 13.3. The highest BCUT2D eigenvalue weighted by Crippen LogP contribution is 2.56. The van der Waals surface area contributed by atoms with Gasteiger partial charge in [-0.15, -0.1) is 0 Å². The molecule has 0 bridgehead atoms. The molecular weight excluding hydrogens is 548 g/mol. The first-order valence-corrected chi connectivity index (χ1v) is 13.3. The predicted octanol–water partition coefficient (Wildman–Crippen LogP) is 3.47. The number of carbonyl (C=O) groups is 1. The minimum Gasteiger partial charge on any atom is -0.504 e. The number of aliphatic hydroxyl groups is 1. The normalized spacial score (nSPS) is 14.2. The van der Waals surface area contributed by atoms with Crippen LogP contribution in [0.15, 0.2) is 21.7 Å². The van der Waals surface area contributed by atoms with Gasteiger partial charge in [0.1, 0.15) is 17.6 Å². The number of esters is 1. The second-order valence-electron chi connectivity index (χ2n) is 10.6. The zero-order valence-corrected chi connectivity index (χ0v) is 23.5. The summed E-state index contributed by atoms with van der Waals surface area (Å²) in [6, 6.07) is 2.48. The minimum absolute atomic E-state index is 0.0138. The molecule has 0 unspecified atom stereocenters. The molecule has 0 aliphatic carbocycles. The maximum absolute atomic E-state index is 13.6. The first kappa shape index (κ1) is 27.4. The third-order valence-electron chi connectivity index (χ3n) is 7.76. The number of carbonyl (C=O) groups excluding carboxylic acids is 1. The average Bonchev–Trinajstić information content (AvgIpc) is 3.08. The van der Waals surface area contributed by atoms with E-state index in [1.807, 2.05) is 0 Å². The van der Waals surface area contributed by atoms with Gasteiger partial charge in [-0.05, 0) is 24.6 Å². The van der Waals surface area contributed by atoms with E-state index in [2.05, 4.69) is 0 Å². The van der Waals surface area contributed by atoms with Crippen molar-refractivity contribution in [2.24, 2.45) is 0 Å². The zero-order valence-electron chi connectivity index (χ0n) is 23.5. The van der Waals surface area contributed by atoms with Crippen LogP contribution in [0.4, 0.5) is 0 Å². The third-order valence-corrected chi connectivity index (χ3v) is 7.76. The van der Waals surface area contributed by atoms with E-state index in [1.165, 1.54) is 33.3 Å². The van der Waals surface area contributed by atoms with E-state index < -0.39 is 40.5 Å². The molecule has 2 atom stereocenters. The Bertz CT molecular complexity index is 2050. The van der Waals surface area contributed by atoms with E-state index in [-0.39, 0.29) is 53.4 Å². The quantitative estimate of drug-likeness (QED) is 0.148. The Morgan fingerprint density at radius 2 is 1.24 bits per heavy atom. The molecule has 42 heavy (non-hydrogen) atoms. The standard InChI is InChI=1S/C31H28O11/c1-11(32)6-14-20-21-15(7-12(2)42-13(3)33)31(39-5)29(37)23-17(35)9-19-25(27(21)23)24-18(40-10-41-19)8-16(34)22(26(20)24)28(36)30(14)38-4/h8-9,11-12,32,36-37H,6-7,10H2,1-5H3/t11-,12-/m1/s1. The van der Waals surface area contributed by atoms with Gasteiger partial charge < -0.3 is 39.0 Å². The van der Waals surface area contributed by atoms with E-state index in [4.69, 9.17) is 23.7 Å². The SMILES string of the molecule is COc1c(O)c2c(=O)cc3c4c5c(cc(=O)c6c(O)c(OC)c(C[C@@H](C)O)c(c(c1C[C@@H](C)OC(C)=O)c24)c65)OCO3. The number of benzene rings is 5. The van der Waals surface area contributed by atoms with Gasteiger partial charge in [-0.25, -0.2) is 0 Å². The van der Waals surface area contributed by atoms with Crippen LogP contribution in [-0.4, -0.2) is 54.5 Å². The number of phenols is 2. The van der Waals surface area contributed by atoms with E-state index in [0.717, 1.165) is 0 Å². The Morgan fingerprint density at radius 1 is 0.786 bits per heavy atom. The van der Waals surface area contributed by atoms with Crippen LogP contribution in [0.25, 0.3) is 43.1 Å². The predicted molar refractivity (Wildman–Crippen MR) is 154 cm³/mol. The van der Waals surface area contributed by atoms with Crippen LogP contribution in [0.2, 0.25) is 0 Å². The van der Waals surface area contributed by atoms with E-state index in [9.17, 15) is 29.7 Å². The van der Waals surface area contributed by atoms with Crippen LogP contribution in [0.1, 0.15) is 31.9 Å². The Morgan fingerprint density at radius 3 is 1.64 bits per heavy atom. The summed E-state index contributed by atoms with van der Waals surface area (Å²) in [5, 5.41) is 35.6. The number of ether oxygens (including phenoxy) is 5. The van der Waals surface area contributed by atoms with Gasteiger partial charge in [0.05, 0.1) is 31.1 Å².